The number of fused-ring (bicyclic) bond motifs is 1. The Kier molecular flexibility index (Phi) is 13.5. The number of esters is 1. The number of nitrogens with two attached hydrogens (primary N) is 1. The number of hydrogen-bond acceptors (Lipinski definition) is 12. The van der Waals surface area contributed by atoms with Gasteiger partial charge in [0.1, 0.15) is 12.4 Å². The van der Waals surface area contributed by atoms with E-state index < -0.39 is 31.5 Å². The number of benzene rings is 1. The van der Waals surface area contributed by atoms with E-state index in [0.29, 0.717) is 29.9 Å². The molecule has 3 rings (SSSR count). The minimum atomic E-state index is -3.56. The monoisotopic (exact) mass is 608 g/mol. The van der Waals surface area contributed by atoms with E-state index >= 15 is 0 Å². The van der Waals surface area contributed by atoms with Gasteiger partial charge in [-0.1, -0.05) is 30.3 Å². The Morgan fingerprint density at radius 3 is 2.40 bits per heavy atom. The Morgan fingerprint density at radius 1 is 1.14 bits per heavy atom. The normalized spacial score (nSPS) is 13.1. The molecule has 0 fully saturated rings. The lowest BCUT2D eigenvalue weighted by atomic mass is 10.2. The average molecular weight is 609 g/mol. The fourth-order valence-corrected chi connectivity index (χ4v) is 4.86. The van der Waals surface area contributed by atoms with Crippen LogP contribution in [-0.4, -0.2) is 80.4 Å². The van der Waals surface area contributed by atoms with Crippen LogP contribution in [0, 0.1) is 0 Å². The Hall–Kier alpha value is -4.37. The van der Waals surface area contributed by atoms with Gasteiger partial charge in [-0.15, -0.1) is 0 Å². The quantitative estimate of drug-likeness (QED) is 0.0837. The molecule has 2 atom stereocenters. The molecule has 2 heterocycles. The van der Waals surface area contributed by atoms with Gasteiger partial charge in [0, 0.05) is 18.7 Å². The van der Waals surface area contributed by atoms with E-state index in [2.05, 4.69) is 20.0 Å². The number of rotatable bonds is 15. The molecular formula is C25H33N6O10P. The second-order valence-electron chi connectivity index (χ2n) is 8.28. The molecule has 0 saturated carbocycles. The van der Waals surface area contributed by atoms with E-state index in [1.807, 2.05) is 30.3 Å². The summed E-state index contributed by atoms with van der Waals surface area (Å²) in [6, 6.07) is 8.46. The number of nitrogens with zero attached hydrogens (tertiary/aromatic N) is 4. The molecule has 42 heavy (non-hydrogen) atoms. The molecular weight excluding hydrogens is 575 g/mol. The van der Waals surface area contributed by atoms with E-state index in [1.54, 1.807) is 24.7 Å². The number of carbonyl (C=O) groups excluding carboxylic acids is 1. The number of carbonyl (C=O) groups is 3. The van der Waals surface area contributed by atoms with Gasteiger partial charge in [-0.2, -0.15) is 9.97 Å². The average Bonchev–Trinajstić information content (AvgIpc) is 3.36. The zero-order valence-electron chi connectivity index (χ0n) is 23.2. The fourth-order valence-electron chi connectivity index (χ4n) is 3.21. The third-order valence-electron chi connectivity index (χ3n) is 5.06. The van der Waals surface area contributed by atoms with Gasteiger partial charge in [-0.3, -0.25) is 9.36 Å². The van der Waals surface area contributed by atoms with Gasteiger partial charge >= 0.3 is 17.9 Å². The Balaban J connectivity index is 0.000000675. The topological polar surface area (TPSA) is 227 Å². The van der Waals surface area contributed by atoms with Crippen molar-refractivity contribution in [2.75, 3.05) is 32.4 Å². The van der Waals surface area contributed by atoms with Crippen LogP contribution in [0.3, 0.4) is 0 Å². The lowest BCUT2D eigenvalue weighted by Crippen LogP contribution is -2.34. The molecule has 0 saturated heterocycles. The SMILES string of the molecule is CCOC(=O)C(C)NP(=O)(COCCn1cnc2c(OC)nc(N)nc21)OCc1ccccc1.O=C(O)/C=C/C(=O)O. The molecule has 0 amide bonds. The standard InChI is InChI=1S/C21H29N6O6P.C4H4O4/c1-4-32-20(28)15(2)26-34(29,33-12-16-8-6-5-7-9-16)14-31-11-10-27-13-23-17-18(27)24-21(22)25-19(17)30-3;5-3(6)1-2-4(7)8/h5-9,13,15H,4,10-12,14H2,1-3H3,(H,26,29)(H2,22,24,25);1-2H,(H,5,6)(H,7,8)/b;2-1+. The number of ether oxygens (including phenoxy) is 3. The highest BCUT2D eigenvalue weighted by molar-refractivity contribution is 7.56. The smallest absolute Gasteiger partial charge is 0.328 e. The number of nitrogens with one attached hydrogen (secondary N) is 1. The highest BCUT2D eigenvalue weighted by Gasteiger charge is 2.29. The second-order valence-corrected chi connectivity index (χ2v) is 10.4. The second kappa shape index (κ2) is 16.8. The van der Waals surface area contributed by atoms with Crippen molar-refractivity contribution in [3.8, 4) is 5.88 Å². The molecule has 2 unspecified atom stereocenters. The zero-order valence-corrected chi connectivity index (χ0v) is 24.1. The van der Waals surface area contributed by atoms with Crippen molar-refractivity contribution in [1.82, 2.24) is 24.6 Å². The zero-order chi connectivity index (χ0) is 31.1. The largest absolute Gasteiger partial charge is 0.479 e. The first-order valence-electron chi connectivity index (χ1n) is 12.4. The van der Waals surface area contributed by atoms with Crippen LogP contribution in [0.4, 0.5) is 5.95 Å². The molecule has 0 radical (unpaired) electrons. The molecule has 0 aliphatic rings. The molecule has 0 aliphatic heterocycles. The Morgan fingerprint density at radius 2 is 1.81 bits per heavy atom. The molecule has 5 N–H and O–H groups in total. The summed E-state index contributed by atoms with van der Waals surface area (Å²) in [7, 11) is -2.08. The van der Waals surface area contributed by atoms with Crippen LogP contribution >= 0.6 is 7.52 Å². The van der Waals surface area contributed by atoms with Gasteiger partial charge in [-0.25, -0.2) is 19.7 Å². The van der Waals surface area contributed by atoms with Gasteiger partial charge in [0.05, 0.1) is 33.3 Å². The van der Waals surface area contributed by atoms with Crippen molar-refractivity contribution < 1.29 is 47.9 Å². The highest BCUT2D eigenvalue weighted by atomic mass is 31.2. The van der Waals surface area contributed by atoms with Crippen molar-refractivity contribution in [3.63, 3.8) is 0 Å². The van der Waals surface area contributed by atoms with E-state index in [-0.39, 0.29) is 38.0 Å². The molecule has 17 heteroatoms. The van der Waals surface area contributed by atoms with Crippen LogP contribution in [0.25, 0.3) is 11.2 Å². The predicted molar refractivity (Wildman–Crippen MR) is 150 cm³/mol. The van der Waals surface area contributed by atoms with Crippen LogP contribution in [0.15, 0.2) is 48.8 Å². The number of imidazole rings is 1. The van der Waals surface area contributed by atoms with Crippen molar-refractivity contribution in [1.29, 1.82) is 0 Å². The summed E-state index contributed by atoms with van der Waals surface area (Å²) in [4.78, 5) is 43.6. The number of carboxylic acid groups (broad SMARTS) is 2. The van der Waals surface area contributed by atoms with Crippen LogP contribution < -0.4 is 15.6 Å². The number of aromatic nitrogens is 4. The van der Waals surface area contributed by atoms with E-state index in [0.717, 1.165) is 5.56 Å². The Bertz CT molecular complexity index is 1400. The third kappa shape index (κ3) is 11.2. The molecule has 16 nitrogen and oxygen atoms in total. The van der Waals surface area contributed by atoms with Gasteiger partial charge in [0.2, 0.25) is 11.8 Å². The summed E-state index contributed by atoms with van der Waals surface area (Å²) in [5.74, 6) is -2.71. The van der Waals surface area contributed by atoms with Gasteiger partial charge < -0.3 is 39.2 Å². The van der Waals surface area contributed by atoms with Crippen LogP contribution in [0.1, 0.15) is 19.4 Å². The van der Waals surface area contributed by atoms with Crippen molar-refractivity contribution >= 4 is 42.5 Å². The number of hydrogen-bond donors (Lipinski definition) is 4. The number of nitrogen functional groups attached to an aromatic ring is 1. The Labute approximate surface area is 241 Å². The van der Waals surface area contributed by atoms with Crippen molar-refractivity contribution in [2.24, 2.45) is 0 Å². The molecule has 1 aromatic carbocycles. The summed E-state index contributed by atoms with van der Waals surface area (Å²) in [6.07, 6.45) is 2.43. The minimum Gasteiger partial charge on any atom is -0.479 e. The van der Waals surface area contributed by atoms with Crippen LogP contribution in [0.2, 0.25) is 0 Å². The number of carboxylic acids is 2. The van der Waals surface area contributed by atoms with E-state index in [1.165, 1.54) is 7.11 Å². The van der Waals surface area contributed by atoms with Gasteiger partial charge in [0.15, 0.2) is 11.2 Å². The van der Waals surface area contributed by atoms with E-state index in [4.69, 9.17) is 34.7 Å². The highest BCUT2D eigenvalue weighted by Crippen LogP contribution is 2.44. The molecule has 0 bridgehead atoms. The summed E-state index contributed by atoms with van der Waals surface area (Å²) in [5.41, 5.74) is 7.54. The third-order valence-corrected chi connectivity index (χ3v) is 6.91. The maximum Gasteiger partial charge on any atom is 0.328 e. The molecule has 228 valence electrons. The first kappa shape index (κ1) is 33.8. The first-order chi connectivity index (χ1) is 20.0. The van der Waals surface area contributed by atoms with E-state index in [9.17, 15) is 18.9 Å². The van der Waals surface area contributed by atoms with Gasteiger partial charge in [-0.05, 0) is 19.4 Å². The lowest BCUT2D eigenvalue weighted by Gasteiger charge is -2.23. The fraction of sp³-hybridized carbons (Fsp3) is 0.360. The summed E-state index contributed by atoms with van der Waals surface area (Å²) >= 11 is 0. The predicted octanol–water partition coefficient (Wildman–Crippen LogP) is 2.05. The van der Waals surface area contributed by atoms with Crippen molar-refractivity contribution in [2.45, 2.75) is 33.0 Å². The minimum absolute atomic E-state index is 0.0583. The van der Waals surface area contributed by atoms with Crippen molar-refractivity contribution in [3.05, 3.63) is 54.4 Å². The summed E-state index contributed by atoms with van der Waals surface area (Å²) < 4.78 is 36.8. The van der Waals surface area contributed by atoms with Crippen LogP contribution in [0.5, 0.6) is 5.88 Å². The summed E-state index contributed by atoms with van der Waals surface area (Å²) in [6.45, 7) is 4.09. The van der Waals surface area contributed by atoms with Gasteiger partial charge in [0.25, 0.3) is 7.52 Å². The van der Waals surface area contributed by atoms with Crippen LogP contribution in [-0.2, 0) is 46.1 Å². The number of methoxy groups -OCH3 is 1. The molecule has 0 spiro atoms. The first-order valence-corrected chi connectivity index (χ1v) is 14.2. The number of aliphatic carboxylic acids is 2. The summed E-state index contributed by atoms with van der Waals surface area (Å²) in [5, 5.41) is 18.4. The molecule has 3 aromatic rings. The maximum absolute atomic E-state index is 13.5. The lowest BCUT2D eigenvalue weighted by molar-refractivity contribution is -0.144. The molecule has 0 aliphatic carbocycles. The maximum atomic E-state index is 13.5. The molecule has 2 aromatic heterocycles. The number of anilines is 1.